The normalized spacial score (nSPS) is 10.2. The van der Waals surface area contributed by atoms with Crippen molar-refractivity contribution in [1.29, 1.82) is 0 Å². The monoisotopic (exact) mass is 348 g/mol. The Labute approximate surface area is 152 Å². The average molecular weight is 348 g/mol. The summed E-state index contributed by atoms with van der Waals surface area (Å²) in [6.45, 7) is 4.18. The largest absolute Gasteiger partial charge is 0.462 e. The van der Waals surface area contributed by atoms with Crippen molar-refractivity contribution < 1.29 is 9.53 Å². The van der Waals surface area contributed by atoms with Gasteiger partial charge in [-0.05, 0) is 56.3 Å². The molecule has 26 heavy (non-hydrogen) atoms. The second-order valence-electron chi connectivity index (χ2n) is 5.68. The van der Waals surface area contributed by atoms with Gasteiger partial charge in [-0.1, -0.05) is 17.7 Å². The molecule has 6 nitrogen and oxygen atoms in total. The Hall–Kier alpha value is -3.41. The minimum absolute atomic E-state index is 0.328. The van der Waals surface area contributed by atoms with Crippen LogP contribution in [-0.4, -0.2) is 22.5 Å². The topological polar surface area (TPSA) is 76.1 Å². The van der Waals surface area contributed by atoms with Crippen LogP contribution in [0, 0.1) is 6.92 Å². The SMILES string of the molecule is CCOC(=O)c1ccc(Nc2ccnc(Nc3ccc(C)cc3)n2)cc1. The molecule has 3 rings (SSSR count). The van der Waals surface area contributed by atoms with Gasteiger partial charge < -0.3 is 15.4 Å². The zero-order chi connectivity index (χ0) is 18.4. The number of anilines is 4. The molecule has 0 aliphatic carbocycles. The van der Waals surface area contributed by atoms with Crippen molar-refractivity contribution in [2.75, 3.05) is 17.2 Å². The Balaban J connectivity index is 1.68. The molecule has 0 unspecified atom stereocenters. The lowest BCUT2D eigenvalue weighted by molar-refractivity contribution is 0.0526. The van der Waals surface area contributed by atoms with Crippen molar-refractivity contribution in [2.24, 2.45) is 0 Å². The first-order valence-electron chi connectivity index (χ1n) is 8.35. The number of aromatic nitrogens is 2. The van der Waals surface area contributed by atoms with Crippen molar-refractivity contribution in [3.8, 4) is 0 Å². The van der Waals surface area contributed by atoms with Gasteiger partial charge >= 0.3 is 5.97 Å². The van der Waals surface area contributed by atoms with E-state index in [9.17, 15) is 4.79 Å². The molecule has 2 N–H and O–H groups in total. The standard InChI is InChI=1S/C20H20N4O2/c1-3-26-19(25)15-6-10-16(11-7-15)22-18-12-13-21-20(24-18)23-17-8-4-14(2)5-9-17/h4-13H,3H2,1-2H3,(H2,21,22,23,24). The summed E-state index contributed by atoms with van der Waals surface area (Å²) in [4.78, 5) is 20.4. The van der Waals surface area contributed by atoms with Gasteiger partial charge in [0.2, 0.25) is 5.95 Å². The van der Waals surface area contributed by atoms with Crippen LogP contribution >= 0.6 is 0 Å². The Morgan fingerprint density at radius 2 is 1.62 bits per heavy atom. The Bertz CT molecular complexity index is 877. The van der Waals surface area contributed by atoms with Crippen LogP contribution in [0.1, 0.15) is 22.8 Å². The molecule has 0 aliphatic heterocycles. The zero-order valence-electron chi connectivity index (χ0n) is 14.7. The molecule has 1 aromatic heterocycles. The van der Waals surface area contributed by atoms with Gasteiger partial charge in [0.1, 0.15) is 5.82 Å². The third-order valence-corrected chi connectivity index (χ3v) is 3.63. The highest BCUT2D eigenvalue weighted by Crippen LogP contribution is 2.18. The van der Waals surface area contributed by atoms with Crippen LogP contribution in [-0.2, 0) is 4.74 Å². The molecule has 1 heterocycles. The molecular weight excluding hydrogens is 328 g/mol. The number of carbonyl (C=O) groups excluding carboxylic acids is 1. The molecule has 0 fully saturated rings. The molecule has 2 aromatic carbocycles. The molecule has 132 valence electrons. The maximum absolute atomic E-state index is 11.7. The molecule has 3 aromatic rings. The van der Waals surface area contributed by atoms with Gasteiger partial charge in [0.25, 0.3) is 0 Å². The number of rotatable bonds is 6. The van der Waals surface area contributed by atoms with Crippen LogP contribution in [0.3, 0.4) is 0 Å². The summed E-state index contributed by atoms with van der Waals surface area (Å²) in [5.41, 5.74) is 3.45. The Morgan fingerprint density at radius 3 is 2.31 bits per heavy atom. The summed E-state index contributed by atoms with van der Waals surface area (Å²) in [6, 6.07) is 16.8. The van der Waals surface area contributed by atoms with Crippen LogP contribution in [0.2, 0.25) is 0 Å². The van der Waals surface area contributed by atoms with E-state index >= 15 is 0 Å². The quantitative estimate of drug-likeness (QED) is 0.641. The molecule has 0 saturated carbocycles. The maximum atomic E-state index is 11.7. The van der Waals surface area contributed by atoms with E-state index in [-0.39, 0.29) is 5.97 Å². The third-order valence-electron chi connectivity index (χ3n) is 3.63. The number of nitrogens with one attached hydrogen (secondary N) is 2. The fourth-order valence-corrected chi connectivity index (χ4v) is 2.31. The Morgan fingerprint density at radius 1 is 0.962 bits per heavy atom. The lowest BCUT2D eigenvalue weighted by Gasteiger charge is -2.09. The molecule has 0 spiro atoms. The van der Waals surface area contributed by atoms with Gasteiger partial charge in [0.15, 0.2) is 0 Å². The van der Waals surface area contributed by atoms with Gasteiger partial charge in [-0.2, -0.15) is 4.98 Å². The molecule has 0 amide bonds. The highest BCUT2D eigenvalue weighted by Gasteiger charge is 2.06. The molecule has 0 bridgehead atoms. The van der Waals surface area contributed by atoms with Crippen LogP contribution in [0.25, 0.3) is 0 Å². The number of nitrogens with zero attached hydrogens (tertiary/aromatic N) is 2. The van der Waals surface area contributed by atoms with Gasteiger partial charge in [0, 0.05) is 17.6 Å². The van der Waals surface area contributed by atoms with Gasteiger partial charge in [-0.25, -0.2) is 9.78 Å². The van der Waals surface area contributed by atoms with Crippen molar-refractivity contribution in [3.63, 3.8) is 0 Å². The zero-order valence-corrected chi connectivity index (χ0v) is 14.7. The first kappa shape index (κ1) is 17.4. The second-order valence-corrected chi connectivity index (χ2v) is 5.68. The number of carbonyl (C=O) groups is 1. The molecule has 6 heteroatoms. The van der Waals surface area contributed by atoms with Crippen LogP contribution in [0.15, 0.2) is 60.8 Å². The lowest BCUT2D eigenvalue weighted by Crippen LogP contribution is -2.04. The van der Waals surface area contributed by atoms with E-state index < -0.39 is 0 Å². The fourth-order valence-electron chi connectivity index (χ4n) is 2.31. The van der Waals surface area contributed by atoms with Crippen LogP contribution < -0.4 is 10.6 Å². The van der Waals surface area contributed by atoms with Crippen molar-refractivity contribution in [2.45, 2.75) is 13.8 Å². The van der Waals surface area contributed by atoms with Gasteiger partial charge in [-0.15, -0.1) is 0 Å². The summed E-state index contributed by atoms with van der Waals surface area (Å²) in [5.74, 6) is 0.825. The molecule has 0 saturated heterocycles. The first-order chi connectivity index (χ1) is 12.6. The number of hydrogen-bond donors (Lipinski definition) is 2. The van der Waals surface area contributed by atoms with Gasteiger partial charge in [-0.3, -0.25) is 0 Å². The summed E-state index contributed by atoms with van der Waals surface area (Å²) in [6.07, 6.45) is 1.68. The predicted octanol–water partition coefficient (Wildman–Crippen LogP) is 4.45. The van der Waals surface area contributed by atoms with E-state index in [1.807, 2.05) is 31.2 Å². The number of esters is 1. The van der Waals surface area contributed by atoms with E-state index in [0.29, 0.717) is 23.9 Å². The minimum atomic E-state index is -0.328. The van der Waals surface area contributed by atoms with Crippen LogP contribution in [0.4, 0.5) is 23.1 Å². The lowest BCUT2D eigenvalue weighted by atomic mass is 10.2. The summed E-state index contributed by atoms with van der Waals surface area (Å²) >= 11 is 0. The van der Waals surface area contributed by atoms with E-state index in [0.717, 1.165) is 11.4 Å². The smallest absolute Gasteiger partial charge is 0.338 e. The third kappa shape index (κ3) is 4.57. The number of hydrogen-bond acceptors (Lipinski definition) is 6. The molecule has 0 radical (unpaired) electrons. The molecule has 0 atom stereocenters. The second kappa shape index (κ2) is 8.11. The van der Waals surface area contributed by atoms with E-state index in [4.69, 9.17) is 4.74 Å². The maximum Gasteiger partial charge on any atom is 0.338 e. The Kier molecular flexibility index (Phi) is 5.43. The van der Waals surface area contributed by atoms with E-state index in [1.54, 1.807) is 43.5 Å². The number of aryl methyl sites for hydroxylation is 1. The highest BCUT2D eigenvalue weighted by atomic mass is 16.5. The minimum Gasteiger partial charge on any atom is -0.462 e. The summed E-state index contributed by atoms with van der Waals surface area (Å²) < 4.78 is 4.98. The van der Waals surface area contributed by atoms with E-state index in [2.05, 4.69) is 20.6 Å². The number of ether oxygens (including phenoxy) is 1. The highest BCUT2D eigenvalue weighted by molar-refractivity contribution is 5.89. The van der Waals surface area contributed by atoms with E-state index in [1.165, 1.54) is 5.56 Å². The van der Waals surface area contributed by atoms with Crippen molar-refractivity contribution >= 4 is 29.1 Å². The average Bonchev–Trinajstić information content (AvgIpc) is 2.65. The predicted molar refractivity (Wildman–Crippen MR) is 102 cm³/mol. The van der Waals surface area contributed by atoms with Crippen molar-refractivity contribution in [1.82, 2.24) is 9.97 Å². The first-order valence-corrected chi connectivity index (χ1v) is 8.35. The molecular formula is C20H20N4O2. The molecule has 0 aliphatic rings. The summed E-state index contributed by atoms with van der Waals surface area (Å²) in [5, 5.41) is 6.37. The summed E-state index contributed by atoms with van der Waals surface area (Å²) in [7, 11) is 0. The number of benzene rings is 2. The fraction of sp³-hybridized carbons (Fsp3) is 0.150. The van der Waals surface area contributed by atoms with Crippen molar-refractivity contribution in [3.05, 3.63) is 71.9 Å². The van der Waals surface area contributed by atoms with Crippen LogP contribution in [0.5, 0.6) is 0 Å². The van der Waals surface area contributed by atoms with Gasteiger partial charge in [0.05, 0.1) is 12.2 Å².